The Morgan fingerprint density at radius 3 is 2.36 bits per heavy atom. The van der Waals surface area contributed by atoms with Gasteiger partial charge in [-0.25, -0.2) is 0 Å². The Kier molecular flexibility index (Phi) is 3.42. The number of hydrogen-bond acceptors (Lipinski definition) is 3. The van der Waals surface area contributed by atoms with Crippen molar-refractivity contribution in [2.24, 2.45) is 11.8 Å². The lowest BCUT2D eigenvalue weighted by molar-refractivity contribution is 0.0784. The van der Waals surface area contributed by atoms with Crippen LogP contribution >= 0.6 is 0 Å². The van der Waals surface area contributed by atoms with Gasteiger partial charge in [-0.2, -0.15) is 0 Å². The zero-order valence-electron chi connectivity index (χ0n) is 8.56. The van der Waals surface area contributed by atoms with Crippen molar-refractivity contribution < 1.29 is 14.9 Å². The first-order valence-electron chi connectivity index (χ1n) is 5.74. The fourth-order valence-corrected chi connectivity index (χ4v) is 3.02. The number of fused-ring (bicyclic) bond motifs is 2. The molecule has 2 aliphatic heterocycles. The maximum atomic E-state index is 9.29. The van der Waals surface area contributed by atoms with E-state index in [1.807, 2.05) is 0 Å². The molecule has 0 aromatic carbocycles. The molecular formula is C11H20O3. The van der Waals surface area contributed by atoms with Gasteiger partial charge < -0.3 is 14.9 Å². The van der Waals surface area contributed by atoms with Crippen molar-refractivity contribution >= 4 is 0 Å². The van der Waals surface area contributed by atoms with Crippen LogP contribution in [0.4, 0.5) is 0 Å². The summed E-state index contributed by atoms with van der Waals surface area (Å²) in [5.41, 5.74) is 0. The molecule has 2 heterocycles. The molecule has 3 nitrogen and oxygen atoms in total. The largest absolute Gasteiger partial charge is 0.396 e. The number of unbranched alkanes of at least 4 members (excludes halogenated alkanes) is 1. The molecule has 14 heavy (non-hydrogen) atoms. The second-order valence-electron chi connectivity index (χ2n) is 4.52. The lowest BCUT2D eigenvalue weighted by Gasteiger charge is -2.26. The number of aliphatic hydroxyl groups excluding tert-OH is 2. The summed E-state index contributed by atoms with van der Waals surface area (Å²) < 4.78 is 5.80. The minimum atomic E-state index is 0.269. The standard InChI is InChI=1S/C11H20O3/c12-6-2-1-3-8-9(7-13)11-5-4-10(8)14-11/h8-13H,1-7H2/t8-,9+,10-,11+/m0/s1. The summed E-state index contributed by atoms with van der Waals surface area (Å²) in [6.07, 6.45) is 6.07. The molecule has 0 saturated carbocycles. The second-order valence-corrected chi connectivity index (χ2v) is 4.52. The van der Waals surface area contributed by atoms with Crippen LogP contribution in [-0.2, 0) is 4.74 Å². The van der Waals surface area contributed by atoms with Gasteiger partial charge in [0.2, 0.25) is 0 Å². The molecule has 0 radical (unpaired) electrons. The van der Waals surface area contributed by atoms with Gasteiger partial charge in [0.1, 0.15) is 0 Å². The summed E-state index contributed by atoms with van der Waals surface area (Å²) in [4.78, 5) is 0. The molecule has 2 saturated heterocycles. The average molecular weight is 200 g/mol. The van der Waals surface area contributed by atoms with E-state index in [1.54, 1.807) is 0 Å². The van der Waals surface area contributed by atoms with Crippen molar-refractivity contribution in [1.82, 2.24) is 0 Å². The van der Waals surface area contributed by atoms with Gasteiger partial charge in [-0.05, 0) is 31.6 Å². The minimum Gasteiger partial charge on any atom is -0.396 e. The number of rotatable bonds is 5. The average Bonchev–Trinajstić information content (AvgIpc) is 2.78. The molecule has 82 valence electrons. The monoisotopic (exact) mass is 200 g/mol. The molecule has 0 aliphatic carbocycles. The third kappa shape index (κ3) is 1.81. The van der Waals surface area contributed by atoms with E-state index in [0.29, 0.717) is 24.0 Å². The highest BCUT2D eigenvalue weighted by Crippen LogP contribution is 2.45. The highest BCUT2D eigenvalue weighted by Gasteiger charge is 2.47. The predicted octanol–water partition coefficient (Wildman–Crippen LogP) is 0.935. The SMILES string of the molecule is OCCCC[C@H]1[C@@H](CO)[C@H]2CC[C@@H]1O2. The summed E-state index contributed by atoms with van der Waals surface area (Å²) >= 11 is 0. The van der Waals surface area contributed by atoms with Gasteiger partial charge in [-0.15, -0.1) is 0 Å². The smallest absolute Gasteiger partial charge is 0.0633 e. The molecule has 0 amide bonds. The van der Waals surface area contributed by atoms with Gasteiger partial charge in [-0.1, -0.05) is 6.42 Å². The summed E-state index contributed by atoms with van der Waals surface area (Å²) in [6, 6.07) is 0. The van der Waals surface area contributed by atoms with Crippen molar-refractivity contribution in [3.63, 3.8) is 0 Å². The first kappa shape index (κ1) is 10.4. The third-order valence-electron chi connectivity index (χ3n) is 3.75. The summed E-state index contributed by atoms with van der Waals surface area (Å²) in [7, 11) is 0. The van der Waals surface area contributed by atoms with Crippen LogP contribution in [0.2, 0.25) is 0 Å². The van der Waals surface area contributed by atoms with Crippen LogP contribution in [0.15, 0.2) is 0 Å². The Balaban J connectivity index is 1.84. The molecule has 4 atom stereocenters. The number of ether oxygens (including phenoxy) is 1. The predicted molar refractivity (Wildman–Crippen MR) is 52.9 cm³/mol. The highest BCUT2D eigenvalue weighted by atomic mass is 16.5. The second kappa shape index (κ2) is 4.60. The zero-order chi connectivity index (χ0) is 9.97. The van der Waals surface area contributed by atoms with E-state index < -0.39 is 0 Å². The topological polar surface area (TPSA) is 49.7 Å². The van der Waals surface area contributed by atoms with Gasteiger partial charge in [0.05, 0.1) is 12.2 Å². The van der Waals surface area contributed by atoms with Gasteiger partial charge in [0, 0.05) is 19.1 Å². The molecule has 2 N–H and O–H groups in total. The zero-order valence-corrected chi connectivity index (χ0v) is 8.56. The van der Waals surface area contributed by atoms with Crippen molar-refractivity contribution in [3.8, 4) is 0 Å². The fourth-order valence-electron chi connectivity index (χ4n) is 3.02. The van der Waals surface area contributed by atoms with Crippen LogP contribution in [0.1, 0.15) is 32.1 Å². The van der Waals surface area contributed by atoms with E-state index >= 15 is 0 Å². The van der Waals surface area contributed by atoms with Gasteiger partial charge in [-0.3, -0.25) is 0 Å². The minimum absolute atomic E-state index is 0.269. The van der Waals surface area contributed by atoms with E-state index in [9.17, 15) is 5.11 Å². The summed E-state index contributed by atoms with van der Waals surface area (Å²) in [6.45, 7) is 0.552. The van der Waals surface area contributed by atoms with E-state index in [-0.39, 0.29) is 13.2 Å². The Morgan fingerprint density at radius 2 is 1.71 bits per heavy atom. The summed E-state index contributed by atoms with van der Waals surface area (Å²) in [5.74, 6) is 0.915. The molecule has 0 spiro atoms. The molecule has 0 unspecified atom stereocenters. The van der Waals surface area contributed by atoms with Crippen LogP contribution in [0.5, 0.6) is 0 Å². The normalized spacial score (nSPS) is 40.7. The van der Waals surface area contributed by atoms with Crippen molar-refractivity contribution in [1.29, 1.82) is 0 Å². The van der Waals surface area contributed by atoms with Crippen LogP contribution in [0.25, 0.3) is 0 Å². The van der Waals surface area contributed by atoms with E-state index in [0.717, 1.165) is 25.7 Å². The molecular weight excluding hydrogens is 180 g/mol. The first-order chi connectivity index (χ1) is 6.86. The molecule has 2 bridgehead atoms. The first-order valence-corrected chi connectivity index (χ1v) is 5.74. The van der Waals surface area contributed by atoms with Crippen LogP contribution in [-0.4, -0.2) is 35.6 Å². The Morgan fingerprint density at radius 1 is 1.00 bits per heavy atom. The lowest BCUT2D eigenvalue weighted by Crippen LogP contribution is -2.29. The number of hydrogen-bond donors (Lipinski definition) is 2. The highest BCUT2D eigenvalue weighted by molar-refractivity contribution is 4.95. The Hall–Kier alpha value is -0.120. The van der Waals surface area contributed by atoms with Crippen LogP contribution in [0.3, 0.4) is 0 Å². The summed E-state index contributed by atoms with van der Waals surface area (Å²) in [5, 5.41) is 18.0. The van der Waals surface area contributed by atoms with Crippen molar-refractivity contribution in [2.75, 3.05) is 13.2 Å². The maximum Gasteiger partial charge on any atom is 0.0633 e. The van der Waals surface area contributed by atoms with Crippen LogP contribution in [0, 0.1) is 11.8 Å². The molecule has 0 aromatic rings. The van der Waals surface area contributed by atoms with Crippen molar-refractivity contribution in [3.05, 3.63) is 0 Å². The van der Waals surface area contributed by atoms with Crippen molar-refractivity contribution in [2.45, 2.75) is 44.3 Å². The Labute approximate surface area is 85.1 Å². The van der Waals surface area contributed by atoms with E-state index in [4.69, 9.17) is 9.84 Å². The molecule has 2 fully saturated rings. The maximum absolute atomic E-state index is 9.29. The fraction of sp³-hybridized carbons (Fsp3) is 1.00. The quantitative estimate of drug-likeness (QED) is 0.649. The third-order valence-corrected chi connectivity index (χ3v) is 3.75. The molecule has 2 rings (SSSR count). The van der Waals surface area contributed by atoms with Crippen LogP contribution < -0.4 is 0 Å². The molecule has 0 aromatic heterocycles. The Bertz CT molecular complexity index is 183. The van der Waals surface area contributed by atoms with Gasteiger partial charge in [0.25, 0.3) is 0 Å². The van der Waals surface area contributed by atoms with E-state index in [2.05, 4.69) is 0 Å². The lowest BCUT2D eigenvalue weighted by atomic mass is 9.77. The molecule has 3 heteroatoms. The molecule has 2 aliphatic rings. The van der Waals surface area contributed by atoms with Gasteiger partial charge in [0.15, 0.2) is 0 Å². The van der Waals surface area contributed by atoms with Gasteiger partial charge >= 0.3 is 0 Å². The number of aliphatic hydroxyl groups is 2. The van der Waals surface area contributed by atoms with E-state index in [1.165, 1.54) is 6.42 Å².